The van der Waals surface area contributed by atoms with Gasteiger partial charge in [0.2, 0.25) is 0 Å². The summed E-state index contributed by atoms with van der Waals surface area (Å²) < 4.78 is 19.5. The van der Waals surface area contributed by atoms with Crippen molar-refractivity contribution in [2.24, 2.45) is 11.1 Å². The summed E-state index contributed by atoms with van der Waals surface area (Å²) >= 11 is 3.18. The Morgan fingerprint density at radius 1 is 1.56 bits per heavy atom. The molecule has 0 aliphatic carbocycles. The second-order valence-corrected chi connectivity index (χ2v) is 4.66. The number of rotatable bonds is 4. The Balaban J connectivity index is 3.03. The molecule has 0 aliphatic heterocycles. The smallest absolute Gasteiger partial charge is 0.136 e. The molecule has 0 bridgehead atoms. The van der Waals surface area contributed by atoms with E-state index in [1.54, 1.807) is 6.07 Å². The van der Waals surface area contributed by atoms with Crippen LogP contribution in [0.5, 0.6) is 5.75 Å². The molecule has 1 aromatic rings. The second-order valence-electron chi connectivity index (χ2n) is 3.75. The van der Waals surface area contributed by atoms with Gasteiger partial charge in [-0.1, -0.05) is 34.9 Å². The number of benzene rings is 1. The third-order valence-corrected chi connectivity index (χ3v) is 2.27. The molecule has 0 fully saturated rings. The van der Waals surface area contributed by atoms with Crippen molar-refractivity contribution >= 4 is 22.1 Å². The van der Waals surface area contributed by atoms with Crippen molar-refractivity contribution in [3.05, 3.63) is 28.0 Å². The summed E-state index contributed by atoms with van der Waals surface area (Å²) in [7, 11) is 0. The van der Waals surface area contributed by atoms with Crippen LogP contribution in [0.25, 0.3) is 0 Å². The average Bonchev–Trinajstić information content (AvgIpc) is 2.19. The Morgan fingerprint density at radius 3 is 2.81 bits per heavy atom. The zero-order valence-electron chi connectivity index (χ0n) is 9.08. The fourth-order valence-corrected chi connectivity index (χ4v) is 1.53. The van der Waals surface area contributed by atoms with Gasteiger partial charge in [0.25, 0.3) is 0 Å². The molecule has 0 spiro atoms. The Kier molecular flexibility index (Phi) is 4.73. The van der Waals surface area contributed by atoms with Gasteiger partial charge in [-0.2, -0.15) is 0 Å². The quantitative estimate of drug-likeness (QED) is 0.524. The lowest BCUT2D eigenvalue weighted by Gasteiger charge is -2.11. The summed E-state index contributed by atoms with van der Waals surface area (Å²) in [6, 6.07) is 2.93. The molecule has 1 N–H and O–H groups in total. The van der Waals surface area contributed by atoms with E-state index in [2.05, 4.69) is 21.1 Å². The minimum Gasteiger partial charge on any atom is -0.492 e. The Labute approximate surface area is 102 Å². The molecule has 16 heavy (non-hydrogen) atoms. The first-order valence-corrected chi connectivity index (χ1v) is 5.63. The lowest BCUT2D eigenvalue weighted by atomic mass is 10.2. The Bertz CT molecular complexity index is 394. The van der Waals surface area contributed by atoms with Gasteiger partial charge in [-0.25, -0.2) is 4.39 Å². The lowest BCUT2D eigenvalue weighted by Crippen LogP contribution is -2.07. The number of ether oxygens (including phenoxy) is 1. The maximum atomic E-state index is 13.5. The van der Waals surface area contributed by atoms with Gasteiger partial charge in [0.05, 0.1) is 18.4 Å². The first kappa shape index (κ1) is 13.0. The van der Waals surface area contributed by atoms with Gasteiger partial charge in [0.15, 0.2) is 0 Å². The van der Waals surface area contributed by atoms with E-state index < -0.39 is 5.82 Å². The third kappa shape index (κ3) is 3.48. The molecular weight excluding hydrogens is 277 g/mol. The van der Waals surface area contributed by atoms with Crippen LogP contribution in [-0.4, -0.2) is 18.0 Å². The largest absolute Gasteiger partial charge is 0.492 e. The number of halogens is 2. The van der Waals surface area contributed by atoms with E-state index in [0.29, 0.717) is 22.7 Å². The van der Waals surface area contributed by atoms with Crippen molar-refractivity contribution in [1.29, 1.82) is 0 Å². The summed E-state index contributed by atoms with van der Waals surface area (Å²) in [5.41, 5.74) is 0.145. The van der Waals surface area contributed by atoms with Gasteiger partial charge in [-0.3, -0.25) is 0 Å². The van der Waals surface area contributed by atoms with Crippen LogP contribution in [0.2, 0.25) is 0 Å². The van der Waals surface area contributed by atoms with E-state index in [9.17, 15) is 4.39 Å². The molecule has 0 heterocycles. The fraction of sp³-hybridized carbons (Fsp3) is 0.364. The number of nitrogens with zero attached hydrogens (tertiary/aromatic N) is 1. The number of hydrogen-bond donors (Lipinski definition) is 1. The maximum Gasteiger partial charge on any atom is 0.136 e. The normalized spacial score (nSPS) is 11.3. The molecule has 0 amide bonds. The molecule has 0 aromatic heterocycles. The molecule has 0 atom stereocenters. The predicted molar refractivity (Wildman–Crippen MR) is 63.8 cm³/mol. The molecule has 0 aliphatic rings. The van der Waals surface area contributed by atoms with E-state index in [4.69, 9.17) is 9.94 Å². The number of hydrogen-bond acceptors (Lipinski definition) is 3. The summed E-state index contributed by atoms with van der Waals surface area (Å²) in [4.78, 5) is 0. The lowest BCUT2D eigenvalue weighted by molar-refractivity contribution is 0.269. The van der Waals surface area contributed by atoms with Crippen LogP contribution < -0.4 is 4.74 Å². The first-order valence-electron chi connectivity index (χ1n) is 4.84. The van der Waals surface area contributed by atoms with Crippen LogP contribution in [-0.2, 0) is 0 Å². The molecule has 0 saturated carbocycles. The standard InChI is InChI=1S/C11H13BrFNO2/c1-7(2)6-16-11-4-8(12)3-10(13)9(11)5-14-15/h3-5,7,15H,6H2,1-2H3/b14-5-. The van der Waals surface area contributed by atoms with E-state index >= 15 is 0 Å². The highest BCUT2D eigenvalue weighted by Crippen LogP contribution is 2.26. The second kappa shape index (κ2) is 5.84. The topological polar surface area (TPSA) is 41.8 Å². The molecule has 0 radical (unpaired) electrons. The van der Waals surface area contributed by atoms with Crippen molar-refractivity contribution in [3.63, 3.8) is 0 Å². The van der Waals surface area contributed by atoms with E-state index in [1.165, 1.54) is 6.07 Å². The molecule has 0 saturated heterocycles. The molecule has 1 aromatic carbocycles. The first-order chi connectivity index (χ1) is 7.54. The summed E-state index contributed by atoms with van der Waals surface area (Å²) in [6.07, 6.45) is 1.03. The monoisotopic (exact) mass is 289 g/mol. The SMILES string of the molecule is CC(C)COc1cc(Br)cc(F)c1/C=N\O. The minimum atomic E-state index is -0.495. The number of oxime groups is 1. The van der Waals surface area contributed by atoms with Gasteiger partial charge < -0.3 is 9.94 Å². The molecule has 3 nitrogen and oxygen atoms in total. The van der Waals surface area contributed by atoms with Crippen molar-refractivity contribution in [2.45, 2.75) is 13.8 Å². The summed E-state index contributed by atoms with van der Waals surface area (Å²) in [6.45, 7) is 4.46. The molecule has 5 heteroatoms. The fourth-order valence-electron chi connectivity index (χ4n) is 1.12. The van der Waals surface area contributed by atoms with Gasteiger partial charge in [-0.05, 0) is 18.1 Å². The van der Waals surface area contributed by atoms with Crippen LogP contribution in [0.3, 0.4) is 0 Å². The van der Waals surface area contributed by atoms with Crippen LogP contribution in [0.1, 0.15) is 19.4 Å². The van der Waals surface area contributed by atoms with Crippen molar-refractivity contribution < 1.29 is 14.3 Å². The van der Waals surface area contributed by atoms with E-state index in [-0.39, 0.29) is 5.56 Å². The molecule has 88 valence electrons. The van der Waals surface area contributed by atoms with E-state index in [1.807, 2.05) is 13.8 Å². The van der Waals surface area contributed by atoms with Crippen molar-refractivity contribution in [1.82, 2.24) is 0 Å². The third-order valence-electron chi connectivity index (χ3n) is 1.82. The summed E-state index contributed by atoms with van der Waals surface area (Å²) in [5, 5.41) is 11.3. The van der Waals surface area contributed by atoms with Gasteiger partial charge >= 0.3 is 0 Å². The van der Waals surface area contributed by atoms with Crippen LogP contribution in [0.4, 0.5) is 4.39 Å². The zero-order valence-corrected chi connectivity index (χ0v) is 10.7. The van der Waals surface area contributed by atoms with Crippen molar-refractivity contribution in [3.8, 4) is 5.75 Å². The molecule has 1 rings (SSSR count). The van der Waals surface area contributed by atoms with E-state index in [0.717, 1.165) is 6.21 Å². The highest BCUT2D eigenvalue weighted by Gasteiger charge is 2.10. The Hall–Kier alpha value is -1.10. The van der Waals surface area contributed by atoms with Crippen LogP contribution in [0, 0.1) is 11.7 Å². The summed E-state index contributed by atoms with van der Waals surface area (Å²) in [5.74, 6) is 0.199. The molecule has 0 unspecified atom stereocenters. The van der Waals surface area contributed by atoms with Gasteiger partial charge in [0, 0.05) is 4.47 Å². The maximum absolute atomic E-state index is 13.5. The highest BCUT2D eigenvalue weighted by atomic mass is 79.9. The predicted octanol–water partition coefficient (Wildman–Crippen LogP) is 3.43. The average molecular weight is 290 g/mol. The van der Waals surface area contributed by atoms with Crippen LogP contribution >= 0.6 is 15.9 Å². The zero-order chi connectivity index (χ0) is 12.1. The minimum absolute atomic E-state index is 0.145. The van der Waals surface area contributed by atoms with Gasteiger partial charge in [-0.15, -0.1) is 0 Å². The highest BCUT2D eigenvalue weighted by molar-refractivity contribution is 9.10. The van der Waals surface area contributed by atoms with Gasteiger partial charge in [0.1, 0.15) is 11.6 Å². The Morgan fingerprint density at radius 2 is 2.25 bits per heavy atom. The van der Waals surface area contributed by atoms with Crippen molar-refractivity contribution in [2.75, 3.05) is 6.61 Å². The molecular formula is C11H13BrFNO2. The van der Waals surface area contributed by atoms with Crippen LogP contribution in [0.15, 0.2) is 21.8 Å².